The van der Waals surface area contributed by atoms with Crippen molar-refractivity contribution in [2.45, 2.75) is 58.2 Å². The predicted molar refractivity (Wildman–Crippen MR) is 107 cm³/mol. The first-order chi connectivity index (χ1) is 12.7. The van der Waals surface area contributed by atoms with E-state index in [4.69, 9.17) is 9.73 Å². The number of hydrogen-bond donors (Lipinski definition) is 2. The summed E-state index contributed by atoms with van der Waals surface area (Å²) in [7, 11) is 0. The highest BCUT2D eigenvalue weighted by Gasteiger charge is 2.29. The van der Waals surface area contributed by atoms with Crippen LogP contribution in [-0.4, -0.2) is 49.2 Å². The maximum Gasteiger partial charge on any atom is 0.191 e. The SMILES string of the molecule is CCNC(=NCc1ccc(CN2CCCC2)cc1)NCC1(C)CCCO1. The van der Waals surface area contributed by atoms with E-state index in [0.29, 0.717) is 6.54 Å². The molecule has 2 fully saturated rings. The molecule has 2 saturated heterocycles. The minimum atomic E-state index is -0.0621. The van der Waals surface area contributed by atoms with E-state index in [0.717, 1.165) is 45.0 Å². The van der Waals surface area contributed by atoms with Crippen LogP contribution in [-0.2, 0) is 17.8 Å². The van der Waals surface area contributed by atoms with Gasteiger partial charge in [-0.1, -0.05) is 24.3 Å². The van der Waals surface area contributed by atoms with Gasteiger partial charge in [-0.15, -0.1) is 0 Å². The molecule has 5 heteroatoms. The molecule has 144 valence electrons. The molecular weight excluding hydrogens is 324 g/mol. The predicted octanol–water partition coefficient (Wildman–Crippen LogP) is 2.91. The molecule has 26 heavy (non-hydrogen) atoms. The average molecular weight is 359 g/mol. The Hall–Kier alpha value is -1.59. The molecule has 1 aromatic carbocycles. The summed E-state index contributed by atoms with van der Waals surface area (Å²) in [5.41, 5.74) is 2.58. The number of hydrogen-bond acceptors (Lipinski definition) is 3. The van der Waals surface area contributed by atoms with Crippen LogP contribution < -0.4 is 10.6 Å². The molecule has 1 unspecified atom stereocenters. The van der Waals surface area contributed by atoms with Crippen molar-refractivity contribution in [3.63, 3.8) is 0 Å². The summed E-state index contributed by atoms with van der Waals surface area (Å²) in [4.78, 5) is 7.27. The van der Waals surface area contributed by atoms with Gasteiger partial charge in [0.25, 0.3) is 0 Å². The second-order valence-electron chi connectivity index (χ2n) is 7.75. The van der Waals surface area contributed by atoms with E-state index in [1.807, 2.05) is 0 Å². The van der Waals surface area contributed by atoms with Crippen LogP contribution in [0.3, 0.4) is 0 Å². The highest BCUT2D eigenvalue weighted by Crippen LogP contribution is 2.23. The zero-order chi connectivity index (χ0) is 18.2. The molecule has 2 N–H and O–H groups in total. The maximum absolute atomic E-state index is 5.85. The molecule has 2 aliphatic heterocycles. The van der Waals surface area contributed by atoms with Gasteiger partial charge in [0.15, 0.2) is 5.96 Å². The van der Waals surface area contributed by atoms with E-state index in [1.165, 1.54) is 37.1 Å². The number of nitrogens with zero attached hydrogens (tertiary/aromatic N) is 2. The van der Waals surface area contributed by atoms with Crippen LogP contribution in [0, 0.1) is 0 Å². The van der Waals surface area contributed by atoms with Crippen molar-refractivity contribution in [2.75, 3.05) is 32.8 Å². The van der Waals surface area contributed by atoms with Gasteiger partial charge in [0.2, 0.25) is 0 Å². The van der Waals surface area contributed by atoms with Crippen molar-refractivity contribution in [3.05, 3.63) is 35.4 Å². The van der Waals surface area contributed by atoms with Crippen LogP contribution in [0.4, 0.5) is 0 Å². The number of ether oxygens (including phenoxy) is 1. The van der Waals surface area contributed by atoms with Gasteiger partial charge in [-0.25, -0.2) is 4.99 Å². The van der Waals surface area contributed by atoms with Crippen LogP contribution in [0.25, 0.3) is 0 Å². The van der Waals surface area contributed by atoms with E-state index < -0.39 is 0 Å². The Kier molecular flexibility index (Phi) is 6.92. The Morgan fingerprint density at radius 2 is 1.85 bits per heavy atom. The lowest BCUT2D eigenvalue weighted by Crippen LogP contribution is -2.45. The first kappa shape index (κ1) is 19.2. The summed E-state index contributed by atoms with van der Waals surface area (Å²) >= 11 is 0. The fraction of sp³-hybridized carbons (Fsp3) is 0.667. The van der Waals surface area contributed by atoms with Crippen LogP contribution in [0.15, 0.2) is 29.3 Å². The van der Waals surface area contributed by atoms with E-state index in [-0.39, 0.29) is 5.60 Å². The van der Waals surface area contributed by atoms with Crippen LogP contribution in [0.1, 0.15) is 50.7 Å². The summed E-state index contributed by atoms with van der Waals surface area (Å²) in [5, 5.41) is 6.77. The Morgan fingerprint density at radius 1 is 1.12 bits per heavy atom. The van der Waals surface area contributed by atoms with Crippen molar-refractivity contribution in [3.8, 4) is 0 Å². The highest BCUT2D eigenvalue weighted by atomic mass is 16.5. The van der Waals surface area contributed by atoms with Gasteiger partial charge in [0, 0.05) is 26.2 Å². The van der Waals surface area contributed by atoms with Gasteiger partial charge in [-0.3, -0.25) is 4.90 Å². The molecule has 0 bridgehead atoms. The molecule has 0 aliphatic carbocycles. The van der Waals surface area contributed by atoms with Gasteiger partial charge >= 0.3 is 0 Å². The second-order valence-corrected chi connectivity index (χ2v) is 7.75. The fourth-order valence-corrected chi connectivity index (χ4v) is 3.71. The third-order valence-electron chi connectivity index (χ3n) is 5.32. The Balaban J connectivity index is 1.51. The van der Waals surface area contributed by atoms with Crippen molar-refractivity contribution in [2.24, 2.45) is 4.99 Å². The molecule has 1 atom stereocenters. The van der Waals surface area contributed by atoms with E-state index >= 15 is 0 Å². The van der Waals surface area contributed by atoms with Gasteiger partial charge < -0.3 is 15.4 Å². The second kappa shape index (κ2) is 9.38. The summed E-state index contributed by atoms with van der Waals surface area (Å²) in [6, 6.07) is 8.91. The van der Waals surface area contributed by atoms with Gasteiger partial charge in [0.05, 0.1) is 12.1 Å². The lowest BCUT2D eigenvalue weighted by Gasteiger charge is -2.24. The first-order valence-electron chi connectivity index (χ1n) is 10.1. The van der Waals surface area contributed by atoms with Crippen LogP contribution >= 0.6 is 0 Å². The van der Waals surface area contributed by atoms with E-state index in [2.05, 4.69) is 53.6 Å². The van der Waals surface area contributed by atoms with Crippen molar-refractivity contribution in [1.82, 2.24) is 15.5 Å². The normalized spacial score (nSPS) is 24.2. The monoisotopic (exact) mass is 358 g/mol. The Bertz CT molecular complexity index is 572. The first-order valence-corrected chi connectivity index (χ1v) is 10.1. The Morgan fingerprint density at radius 3 is 2.50 bits per heavy atom. The van der Waals surface area contributed by atoms with Gasteiger partial charge in [-0.2, -0.15) is 0 Å². The zero-order valence-corrected chi connectivity index (χ0v) is 16.4. The number of rotatable bonds is 7. The number of guanidine groups is 1. The number of aliphatic imine (C=N–C) groups is 1. The number of nitrogens with one attached hydrogen (secondary N) is 2. The molecule has 3 rings (SSSR count). The maximum atomic E-state index is 5.85. The molecule has 1 aromatic rings. The summed E-state index contributed by atoms with van der Waals surface area (Å²) in [6.07, 6.45) is 4.95. The van der Waals surface area contributed by atoms with Crippen molar-refractivity contribution < 1.29 is 4.74 Å². The van der Waals surface area contributed by atoms with Crippen molar-refractivity contribution >= 4 is 5.96 Å². The summed E-state index contributed by atoms with van der Waals surface area (Å²) < 4.78 is 5.85. The number of likely N-dealkylation sites (tertiary alicyclic amines) is 1. The lowest BCUT2D eigenvalue weighted by molar-refractivity contribution is 0.0243. The van der Waals surface area contributed by atoms with Crippen LogP contribution in [0.5, 0.6) is 0 Å². The van der Waals surface area contributed by atoms with Gasteiger partial charge in [0.1, 0.15) is 0 Å². The molecule has 2 aliphatic rings. The number of benzene rings is 1. The lowest BCUT2D eigenvalue weighted by atomic mass is 10.0. The standard InChI is InChI=1S/C21H34N4O/c1-3-22-20(24-17-21(2)11-6-14-26-21)23-15-18-7-9-19(10-8-18)16-25-12-4-5-13-25/h7-10H,3-6,11-17H2,1-2H3,(H2,22,23,24). The largest absolute Gasteiger partial charge is 0.373 e. The molecular formula is C21H34N4O. The summed E-state index contributed by atoms with van der Waals surface area (Å²) in [6.45, 7) is 11.1. The Labute approximate surface area is 158 Å². The van der Waals surface area contributed by atoms with Crippen molar-refractivity contribution in [1.29, 1.82) is 0 Å². The minimum Gasteiger partial charge on any atom is -0.373 e. The quantitative estimate of drug-likeness (QED) is 0.581. The topological polar surface area (TPSA) is 48.9 Å². The smallest absolute Gasteiger partial charge is 0.191 e. The third kappa shape index (κ3) is 5.71. The minimum absolute atomic E-state index is 0.0621. The van der Waals surface area contributed by atoms with E-state index in [9.17, 15) is 0 Å². The molecule has 0 amide bonds. The molecule has 2 heterocycles. The molecule has 0 radical (unpaired) electrons. The highest BCUT2D eigenvalue weighted by molar-refractivity contribution is 5.79. The fourth-order valence-electron chi connectivity index (χ4n) is 3.71. The molecule has 0 spiro atoms. The summed E-state index contributed by atoms with van der Waals surface area (Å²) in [5.74, 6) is 0.866. The molecule has 0 saturated carbocycles. The van der Waals surface area contributed by atoms with E-state index in [1.54, 1.807) is 0 Å². The van der Waals surface area contributed by atoms with Gasteiger partial charge in [-0.05, 0) is 63.7 Å². The zero-order valence-electron chi connectivity index (χ0n) is 16.4. The van der Waals surface area contributed by atoms with Crippen LogP contribution in [0.2, 0.25) is 0 Å². The third-order valence-corrected chi connectivity index (χ3v) is 5.32. The average Bonchev–Trinajstić information content (AvgIpc) is 3.31. The molecule has 5 nitrogen and oxygen atoms in total. The molecule has 0 aromatic heterocycles.